The molecule has 2 unspecified atom stereocenters. The highest BCUT2D eigenvalue weighted by molar-refractivity contribution is 5.34. The van der Waals surface area contributed by atoms with Crippen molar-refractivity contribution in [3.63, 3.8) is 0 Å². The zero-order valence-corrected chi connectivity index (χ0v) is 11.8. The van der Waals surface area contributed by atoms with Gasteiger partial charge in [-0.25, -0.2) is 0 Å². The van der Waals surface area contributed by atoms with E-state index in [9.17, 15) is 0 Å². The first-order valence-corrected chi connectivity index (χ1v) is 7.18. The van der Waals surface area contributed by atoms with Crippen LogP contribution >= 0.6 is 0 Å². The second kappa shape index (κ2) is 6.24. The summed E-state index contributed by atoms with van der Waals surface area (Å²) in [6.07, 6.45) is 2.79. The molecule has 1 N–H and O–H groups in total. The van der Waals surface area contributed by atoms with E-state index in [1.807, 2.05) is 0 Å². The van der Waals surface area contributed by atoms with Crippen LogP contribution in [0.15, 0.2) is 24.3 Å². The number of rotatable bonds is 7. The molecule has 1 aromatic carbocycles. The molecule has 0 aromatic heterocycles. The summed E-state index contributed by atoms with van der Waals surface area (Å²) in [5.74, 6) is 2.57. The molecule has 0 radical (unpaired) electrons. The van der Waals surface area contributed by atoms with Crippen molar-refractivity contribution < 1.29 is 4.74 Å². The molecule has 1 aromatic rings. The van der Waals surface area contributed by atoms with Crippen LogP contribution in [0.25, 0.3) is 0 Å². The lowest BCUT2D eigenvalue weighted by atomic mass is 10.1. The lowest BCUT2D eigenvalue weighted by Crippen LogP contribution is -2.17. The summed E-state index contributed by atoms with van der Waals surface area (Å²) >= 11 is 0. The molecule has 2 heteroatoms. The Morgan fingerprint density at radius 1 is 1.39 bits per heavy atom. The first-order chi connectivity index (χ1) is 8.70. The largest absolute Gasteiger partial charge is 0.491 e. The van der Waals surface area contributed by atoms with E-state index in [0.717, 1.165) is 30.7 Å². The maximum atomic E-state index is 5.75. The predicted molar refractivity (Wildman–Crippen MR) is 76.2 cm³/mol. The monoisotopic (exact) mass is 247 g/mol. The lowest BCUT2D eigenvalue weighted by molar-refractivity contribution is 0.242. The summed E-state index contributed by atoms with van der Waals surface area (Å²) in [5, 5.41) is 3.51. The normalized spacial score (nSPS) is 22.2. The van der Waals surface area contributed by atoms with E-state index in [1.54, 1.807) is 0 Å². The van der Waals surface area contributed by atoms with Gasteiger partial charge in [0.2, 0.25) is 0 Å². The molecule has 2 nitrogen and oxygen atoms in total. The van der Waals surface area contributed by atoms with Crippen molar-refractivity contribution in [3.8, 4) is 5.75 Å². The van der Waals surface area contributed by atoms with Crippen LogP contribution in [-0.2, 0) is 0 Å². The first kappa shape index (κ1) is 13.4. The van der Waals surface area contributed by atoms with Crippen LogP contribution < -0.4 is 10.1 Å². The number of hydrogen-bond acceptors (Lipinski definition) is 2. The fraction of sp³-hybridized carbons (Fsp3) is 0.625. The van der Waals surface area contributed by atoms with Gasteiger partial charge in [0.15, 0.2) is 0 Å². The highest BCUT2D eigenvalue weighted by Crippen LogP contribution is 2.47. The fourth-order valence-electron chi connectivity index (χ4n) is 2.44. The third-order valence-corrected chi connectivity index (χ3v) is 3.41. The number of ether oxygens (including phenoxy) is 1. The minimum atomic E-state index is 0.251. The molecule has 2 rings (SSSR count). The second-order valence-electron chi connectivity index (χ2n) is 5.55. The van der Waals surface area contributed by atoms with Gasteiger partial charge in [0.25, 0.3) is 0 Å². The maximum absolute atomic E-state index is 5.75. The number of nitrogens with one attached hydrogen (secondary N) is 1. The molecular weight excluding hydrogens is 222 g/mol. The third kappa shape index (κ3) is 3.74. The van der Waals surface area contributed by atoms with E-state index < -0.39 is 0 Å². The predicted octanol–water partition coefficient (Wildman–Crippen LogP) is 3.58. The molecular formula is C16H25NO. The number of benzene rings is 1. The van der Waals surface area contributed by atoms with Gasteiger partial charge < -0.3 is 10.1 Å². The Morgan fingerprint density at radius 3 is 2.94 bits per heavy atom. The average molecular weight is 247 g/mol. The van der Waals surface area contributed by atoms with Crippen LogP contribution in [-0.4, -0.2) is 19.2 Å². The zero-order valence-electron chi connectivity index (χ0n) is 11.8. The van der Waals surface area contributed by atoms with Gasteiger partial charge in [-0.1, -0.05) is 19.1 Å². The fourth-order valence-corrected chi connectivity index (χ4v) is 2.44. The van der Waals surface area contributed by atoms with Crippen molar-refractivity contribution in [2.75, 3.05) is 13.1 Å². The van der Waals surface area contributed by atoms with Gasteiger partial charge >= 0.3 is 0 Å². The Morgan fingerprint density at radius 2 is 2.22 bits per heavy atom. The van der Waals surface area contributed by atoms with Gasteiger partial charge in [-0.05, 0) is 69.3 Å². The smallest absolute Gasteiger partial charge is 0.119 e. The van der Waals surface area contributed by atoms with Crippen molar-refractivity contribution in [1.29, 1.82) is 0 Å². The molecule has 100 valence electrons. The third-order valence-electron chi connectivity index (χ3n) is 3.41. The highest BCUT2D eigenvalue weighted by atomic mass is 16.5. The van der Waals surface area contributed by atoms with Crippen LogP contribution in [0.1, 0.15) is 45.1 Å². The molecule has 1 saturated carbocycles. The van der Waals surface area contributed by atoms with Crippen molar-refractivity contribution in [2.45, 2.75) is 45.6 Å². The summed E-state index contributed by atoms with van der Waals surface area (Å²) in [6.45, 7) is 8.65. The van der Waals surface area contributed by atoms with E-state index in [-0.39, 0.29) is 6.10 Å². The molecule has 18 heavy (non-hydrogen) atoms. The van der Waals surface area contributed by atoms with Crippen molar-refractivity contribution in [3.05, 3.63) is 29.8 Å². The standard InChI is InChI=1S/C16H25NO/c1-4-8-17-11-14-10-16(14)13-6-5-7-15(9-13)18-12(2)3/h5-7,9,12,14,16-17H,4,8,10-11H2,1-3H3. The average Bonchev–Trinajstić information content (AvgIpc) is 3.08. The summed E-state index contributed by atoms with van der Waals surface area (Å²) in [6, 6.07) is 8.61. The van der Waals surface area contributed by atoms with Gasteiger partial charge in [-0.2, -0.15) is 0 Å². The van der Waals surface area contributed by atoms with E-state index in [2.05, 4.69) is 50.4 Å². The summed E-state index contributed by atoms with van der Waals surface area (Å²) in [7, 11) is 0. The molecule has 0 heterocycles. The second-order valence-corrected chi connectivity index (χ2v) is 5.55. The van der Waals surface area contributed by atoms with Crippen LogP contribution in [0.2, 0.25) is 0 Å². The lowest BCUT2D eigenvalue weighted by Gasteiger charge is -2.11. The molecule has 2 atom stereocenters. The first-order valence-electron chi connectivity index (χ1n) is 7.18. The van der Waals surface area contributed by atoms with E-state index in [0.29, 0.717) is 0 Å². The summed E-state index contributed by atoms with van der Waals surface area (Å²) in [5.41, 5.74) is 1.44. The molecule has 0 saturated heterocycles. The van der Waals surface area contributed by atoms with Gasteiger partial charge in [0.1, 0.15) is 5.75 Å². The Balaban J connectivity index is 1.87. The van der Waals surface area contributed by atoms with Crippen molar-refractivity contribution in [2.24, 2.45) is 5.92 Å². The molecule has 1 fully saturated rings. The summed E-state index contributed by atoms with van der Waals surface area (Å²) < 4.78 is 5.75. The van der Waals surface area contributed by atoms with Crippen LogP contribution in [0.4, 0.5) is 0 Å². The van der Waals surface area contributed by atoms with Crippen molar-refractivity contribution >= 4 is 0 Å². The Kier molecular flexibility index (Phi) is 4.65. The molecule has 1 aliphatic rings. The van der Waals surface area contributed by atoms with Gasteiger partial charge in [0.05, 0.1) is 6.10 Å². The Hall–Kier alpha value is -1.02. The minimum absolute atomic E-state index is 0.251. The van der Waals surface area contributed by atoms with Crippen LogP contribution in [0.3, 0.4) is 0 Å². The Bertz CT molecular complexity index is 375. The molecule has 0 bridgehead atoms. The topological polar surface area (TPSA) is 21.3 Å². The van der Waals surface area contributed by atoms with Gasteiger partial charge in [-0.15, -0.1) is 0 Å². The molecule has 1 aliphatic carbocycles. The quantitative estimate of drug-likeness (QED) is 0.744. The minimum Gasteiger partial charge on any atom is -0.491 e. The Labute approximate surface area is 111 Å². The van der Waals surface area contributed by atoms with Crippen LogP contribution in [0.5, 0.6) is 5.75 Å². The van der Waals surface area contributed by atoms with E-state index in [4.69, 9.17) is 4.74 Å². The van der Waals surface area contributed by atoms with Crippen molar-refractivity contribution in [1.82, 2.24) is 5.32 Å². The SMILES string of the molecule is CCCNCC1CC1c1cccc(OC(C)C)c1. The maximum Gasteiger partial charge on any atom is 0.119 e. The molecule has 0 amide bonds. The summed E-state index contributed by atoms with van der Waals surface area (Å²) in [4.78, 5) is 0. The molecule has 0 spiro atoms. The number of hydrogen-bond donors (Lipinski definition) is 1. The van der Waals surface area contributed by atoms with E-state index >= 15 is 0 Å². The zero-order chi connectivity index (χ0) is 13.0. The molecule has 0 aliphatic heterocycles. The highest BCUT2D eigenvalue weighted by Gasteiger charge is 2.37. The van der Waals surface area contributed by atoms with Gasteiger partial charge in [0, 0.05) is 0 Å². The van der Waals surface area contributed by atoms with E-state index in [1.165, 1.54) is 18.4 Å². The van der Waals surface area contributed by atoms with Crippen LogP contribution in [0, 0.1) is 5.92 Å². The van der Waals surface area contributed by atoms with Gasteiger partial charge in [-0.3, -0.25) is 0 Å².